The van der Waals surface area contributed by atoms with E-state index >= 15 is 0 Å². The zero-order chi connectivity index (χ0) is 22.7. The molecule has 4 aromatic rings. The lowest BCUT2D eigenvalue weighted by Crippen LogP contribution is -2.24. The molecule has 0 unspecified atom stereocenters. The van der Waals surface area contributed by atoms with Crippen molar-refractivity contribution < 1.29 is 4.79 Å². The second-order valence-electron chi connectivity index (χ2n) is 7.86. The van der Waals surface area contributed by atoms with Crippen LogP contribution in [0.2, 0.25) is 5.02 Å². The number of aromatic nitrogens is 3. The summed E-state index contributed by atoms with van der Waals surface area (Å²) in [6, 6.07) is 11.4. The van der Waals surface area contributed by atoms with Crippen LogP contribution in [0.3, 0.4) is 0 Å². The molecule has 0 aliphatic heterocycles. The number of rotatable bonds is 10. The van der Waals surface area contributed by atoms with Crippen LogP contribution in [-0.2, 0) is 7.05 Å². The van der Waals surface area contributed by atoms with Crippen molar-refractivity contribution in [2.75, 3.05) is 25.0 Å². The molecule has 2 aromatic heterocycles. The van der Waals surface area contributed by atoms with Crippen molar-refractivity contribution in [2.45, 2.75) is 33.1 Å². The lowest BCUT2D eigenvalue weighted by molar-refractivity contribution is 0.0978. The molecule has 2 heterocycles. The largest absolute Gasteiger partial charge is 0.313 e. The third-order valence-electron chi connectivity index (χ3n) is 5.79. The quantitative estimate of drug-likeness (QED) is 0.219. The number of Topliss-reactive ketones (excluding diaryl/α,β-unsaturated/α-hetero) is 1. The van der Waals surface area contributed by atoms with Crippen LogP contribution in [0.4, 0.5) is 11.1 Å². The fraction of sp³-hybridized carbons (Fsp3) is 0.375. The van der Waals surface area contributed by atoms with Crippen LogP contribution in [0, 0.1) is 0 Å². The number of halogens is 1. The Morgan fingerprint density at radius 2 is 1.91 bits per heavy atom. The van der Waals surface area contributed by atoms with E-state index in [1.807, 2.05) is 48.0 Å². The fourth-order valence-corrected chi connectivity index (χ4v) is 4.97. The maximum absolute atomic E-state index is 12.7. The Hall–Kier alpha value is -2.48. The first kappa shape index (κ1) is 22.7. The number of thiazole rings is 1. The number of aryl methyl sites for hydroxylation is 1. The molecular formula is C24H28ClN5OS. The van der Waals surface area contributed by atoms with E-state index < -0.39 is 0 Å². The van der Waals surface area contributed by atoms with E-state index in [0.29, 0.717) is 17.4 Å². The lowest BCUT2D eigenvalue weighted by Gasteiger charge is -2.17. The molecule has 32 heavy (non-hydrogen) atoms. The number of fused-ring (bicyclic) bond motifs is 2. The van der Waals surface area contributed by atoms with Crippen LogP contribution in [-0.4, -0.2) is 44.9 Å². The third kappa shape index (κ3) is 4.95. The van der Waals surface area contributed by atoms with Gasteiger partial charge in [0.05, 0.1) is 21.3 Å². The maximum atomic E-state index is 12.7. The van der Waals surface area contributed by atoms with Gasteiger partial charge in [-0.3, -0.25) is 4.79 Å². The third-order valence-corrected chi connectivity index (χ3v) is 6.96. The van der Waals surface area contributed by atoms with Crippen LogP contribution in [0.25, 0.3) is 21.3 Å². The molecule has 0 bridgehead atoms. The van der Waals surface area contributed by atoms with E-state index in [-0.39, 0.29) is 5.78 Å². The zero-order valence-electron chi connectivity index (χ0n) is 18.7. The number of nitrogens with zero attached hydrogens (tertiary/aromatic N) is 4. The molecular weight excluding hydrogens is 442 g/mol. The predicted molar refractivity (Wildman–Crippen MR) is 135 cm³/mol. The smallest absolute Gasteiger partial charge is 0.209 e. The lowest BCUT2D eigenvalue weighted by atomic mass is 10.0. The number of anilines is 2. The van der Waals surface area contributed by atoms with Crippen molar-refractivity contribution in [2.24, 2.45) is 7.05 Å². The molecule has 0 aliphatic carbocycles. The van der Waals surface area contributed by atoms with Crippen LogP contribution in [0.1, 0.15) is 43.5 Å². The average molecular weight is 470 g/mol. The molecule has 0 aliphatic rings. The van der Waals surface area contributed by atoms with Gasteiger partial charge in [0.15, 0.2) is 10.9 Å². The monoisotopic (exact) mass is 469 g/mol. The first-order valence-corrected chi connectivity index (χ1v) is 12.2. The fourth-order valence-electron chi connectivity index (χ4n) is 3.84. The van der Waals surface area contributed by atoms with Crippen LogP contribution < -0.4 is 5.32 Å². The minimum atomic E-state index is 0.176. The Balaban J connectivity index is 1.45. The second-order valence-corrected chi connectivity index (χ2v) is 9.33. The van der Waals surface area contributed by atoms with E-state index in [9.17, 15) is 4.79 Å². The normalized spacial score (nSPS) is 11.7. The van der Waals surface area contributed by atoms with Crippen LogP contribution >= 0.6 is 22.9 Å². The molecule has 0 atom stereocenters. The van der Waals surface area contributed by atoms with Gasteiger partial charge in [-0.1, -0.05) is 36.8 Å². The van der Waals surface area contributed by atoms with E-state index in [0.717, 1.165) is 64.4 Å². The molecule has 0 radical (unpaired) electrons. The summed E-state index contributed by atoms with van der Waals surface area (Å²) < 4.78 is 3.00. The number of unbranched alkanes of at least 4 members (excludes halogenated alkanes) is 1. The van der Waals surface area contributed by atoms with Gasteiger partial charge in [0, 0.05) is 24.1 Å². The molecule has 6 nitrogen and oxygen atoms in total. The number of benzene rings is 2. The van der Waals surface area contributed by atoms with E-state index in [1.165, 1.54) is 11.3 Å². The first-order chi connectivity index (χ1) is 15.5. The van der Waals surface area contributed by atoms with E-state index in [1.54, 1.807) is 0 Å². The summed E-state index contributed by atoms with van der Waals surface area (Å²) in [6.45, 7) is 7.51. The molecule has 4 rings (SSSR count). The summed E-state index contributed by atoms with van der Waals surface area (Å²) in [6.07, 6.45) is 2.52. The van der Waals surface area contributed by atoms with Gasteiger partial charge in [0.2, 0.25) is 5.95 Å². The van der Waals surface area contributed by atoms with Crippen molar-refractivity contribution in [1.29, 1.82) is 0 Å². The number of imidazole rings is 1. The highest BCUT2D eigenvalue weighted by Crippen LogP contribution is 2.31. The topological polar surface area (TPSA) is 63.1 Å². The zero-order valence-corrected chi connectivity index (χ0v) is 20.3. The van der Waals surface area contributed by atoms with Crippen molar-refractivity contribution in [3.05, 3.63) is 47.0 Å². The average Bonchev–Trinajstić information content (AvgIpc) is 3.33. The molecule has 0 amide bonds. The van der Waals surface area contributed by atoms with Crippen molar-refractivity contribution >= 4 is 61.1 Å². The molecule has 2 aromatic carbocycles. The van der Waals surface area contributed by atoms with Crippen molar-refractivity contribution in [1.82, 2.24) is 19.4 Å². The number of hydrogen-bond donors (Lipinski definition) is 1. The molecule has 0 saturated heterocycles. The van der Waals surface area contributed by atoms with Gasteiger partial charge in [-0.25, -0.2) is 9.97 Å². The molecule has 0 spiro atoms. The second kappa shape index (κ2) is 9.98. The molecule has 0 fully saturated rings. The number of carbonyl (C=O) groups excluding carboxylic acids is 1. The first-order valence-electron chi connectivity index (χ1n) is 11.0. The highest BCUT2D eigenvalue weighted by atomic mass is 35.5. The van der Waals surface area contributed by atoms with E-state index in [2.05, 4.69) is 29.0 Å². The standard InChI is InChI=1S/C24H28ClN5OS/c1-4-30(5-2)13-7-6-8-21(31)16-9-12-20-19(14-16)26-23(29(20)3)28-24-27-18-11-10-17(25)15-22(18)32-24/h9-12,14-15H,4-8,13H2,1-3H3,(H,26,27,28). The van der Waals surface area contributed by atoms with Crippen LogP contribution in [0.5, 0.6) is 0 Å². The van der Waals surface area contributed by atoms with Crippen molar-refractivity contribution in [3.63, 3.8) is 0 Å². The van der Waals surface area contributed by atoms with Gasteiger partial charge in [0.25, 0.3) is 0 Å². The van der Waals surface area contributed by atoms with Gasteiger partial charge in [-0.15, -0.1) is 0 Å². The highest BCUT2D eigenvalue weighted by Gasteiger charge is 2.14. The number of ketones is 1. The van der Waals surface area contributed by atoms with Gasteiger partial charge in [0.1, 0.15) is 0 Å². The Morgan fingerprint density at radius 1 is 1.09 bits per heavy atom. The molecule has 8 heteroatoms. The van der Waals surface area contributed by atoms with Gasteiger partial charge >= 0.3 is 0 Å². The van der Waals surface area contributed by atoms with Crippen LogP contribution in [0.15, 0.2) is 36.4 Å². The minimum Gasteiger partial charge on any atom is -0.313 e. The summed E-state index contributed by atoms with van der Waals surface area (Å²) in [4.78, 5) is 24.4. The summed E-state index contributed by atoms with van der Waals surface area (Å²) >= 11 is 7.62. The Kier molecular flexibility index (Phi) is 7.08. The Bertz CT molecular complexity index is 1240. The maximum Gasteiger partial charge on any atom is 0.209 e. The molecule has 0 saturated carbocycles. The van der Waals surface area contributed by atoms with Crippen molar-refractivity contribution in [3.8, 4) is 0 Å². The SMILES string of the molecule is CCN(CC)CCCCC(=O)c1ccc2c(c1)nc(Nc1nc3ccc(Cl)cc3s1)n2C. The summed E-state index contributed by atoms with van der Waals surface area (Å²) in [7, 11) is 1.95. The van der Waals surface area contributed by atoms with Gasteiger partial charge < -0.3 is 14.8 Å². The van der Waals surface area contributed by atoms with Gasteiger partial charge in [-0.05, 0) is 68.9 Å². The summed E-state index contributed by atoms with van der Waals surface area (Å²) in [5.41, 5.74) is 3.39. The predicted octanol–water partition coefficient (Wildman–Crippen LogP) is 6.27. The van der Waals surface area contributed by atoms with E-state index in [4.69, 9.17) is 16.6 Å². The number of hydrogen-bond acceptors (Lipinski definition) is 6. The Labute approximate surface area is 197 Å². The highest BCUT2D eigenvalue weighted by molar-refractivity contribution is 7.22. The minimum absolute atomic E-state index is 0.176. The Morgan fingerprint density at radius 3 is 2.69 bits per heavy atom. The molecule has 168 valence electrons. The number of carbonyl (C=O) groups is 1. The van der Waals surface area contributed by atoms with Gasteiger partial charge in [-0.2, -0.15) is 0 Å². The summed E-state index contributed by atoms with van der Waals surface area (Å²) in [5.74, 6) is 0.864. The molecule has 1 N–H and O–H groups in total. The summed E-state index contributed by atoms with van der Waals surface area (Å²) in [5, 5.41) is 4.76. The number of nitrogens with one attached hydrogen (secondary N) is 1.